The zero-order chi connectivity index (χ0) is 46.9. The third-order valence-corrected chi connectivity index (χ3v) is 12.3. The van der Waals surface area contributed by atoms with Crippen LogP contribution in [0.4, 0.5) is 0 Å². The second kappa shape index (κ2) is 34.5. The minimum absolute atomic E-state index is 0.590. The number of unbranched alkanes of at least 4 members (excludes halogenated alkanes) is 18. The van der Waals surface area contributed by atoms with Gasteiger partial charge in [-0.3, -0.25) is 0 Å². The van der Waals surface area contributed by atoms with Crippen LogP contribution >= 0.6 is 0 Å². The Labute approximate surface area is 397 Å². The van der Waals surface area contributed by atoms with E-state index in [1.54, 1.807) is 0 Å². The first-order valence-corrected chi connectivity index (χ1v) is 26.1. The van der Waals surface area contributed by atoms with Crippen molar-refractivity contribution in [3.05, 3.63) is 36.4 Å². The van der Waals surface area contributed by atoms with Crippen LogP contribution in [0.2, 0.25) is 0 Å². The van der Waals surface area contributed by atoms with Crippen molar-refractivity contribution in [2.75, 3.05) is 78.9 Å². The van der Waals surface area contributed by atoms with E-state index in [0.29, 0.717) is 78.9 Å². The van der Waals surface area contributed by atoms with Gasteiger partial charge in [0, 0.05) is 0 Å². The fourth-order valence-corrected chi connectivity index (χ4v) is 8.39. The maximum Gasteiger partial charge on any atom is 0.161 e. The van der Waals surface area contributed by atoms with Crippen LogP contribution in [-0.4, -0.2) is 78.9 Å². The van der Waals surface area contributed by atoms with Gasteiger partial charge in [-0.2, -0.15) is 0 Å². The first-order chi connectivity index (χ1) is 32.6. The average Bonchev–Trinajstić information content (AvgIpc) is 3.33. The van der Waals surface area contributed by atoms with E-state index in [4.69, 9.17) is 62.8 Å². The number of benzene rings is 4. The fourth-order valence-electron chi connectivity index (χ4n) is 8.39. The van der Waals surface area contributed by atoms with Crippen molar-refractivity contribution in [3.8, 4) is 34.5 Å². The topological polar surface area (TPSA) is 212 Å². The lowest BCUT2D eigenvalue weighted by Crippen LogP contribution is -2.05. The molecule has 12 heteroatoms. The Morgan fingerprint density at radius 1 is 0.197 bits per heavy atom. The summed E-state index contributed by atoms with van der Waals surface area (Å²) in [7, 11) is 0. The average molecular weight is 919 g/mol. The second-order valence-corrected chi connectivity index (χ2v) is 17.8. The monoisotopic (exact) mass is 919 g/mol. The normalized spacial score (nSPS) is 11.5. The van der Waals surface area contributed by atoms with Crippen LogP contribution in [0.15, 0.2) is 36.4 Å². The highest BCUT2D eigenvalue weighted by molar-refractivity contribution is 6.26. The van der Waals surface area contributed by atoms with Crippen molar-refractivity contribution in [1.29, 1.82) is 0 Å². The van der Waals surface area contributed by atoms with Crippen LogP contribution in [0.5, 0.6) is 34.5 Å². The summed E-state index contributed by atoms with van der Waals surface area (Å²) >= 11 is 0. The Balaban J connectivity index is 1.91. The molecule has 0 aliphatic rings. The Morgan fingerprint density at radius 3 is 0.470 bits per heavy atom. The maximum atomic E-state index is 6.65. The molecule has 0 radical (unpaired) electrons. The number of rotatable bonds is 42. The van der Waals surface area contributed by atoms with Crippen LogP contribution in [0.3, 0.4) is 0 Å². The molecule has 0 amide bonds. The summed E-state index contributed by atoms with van der Waals surface area (Å²) in [6.45, 7) is 7.80. The fraction of sp³-hybridized carbons (Fsp3) is 0.667. The summed E-state index contributed by atoms with van der Waals surface area (Å²) in [5.41, 5.74) is 34.8. The van der Waals surface area contributed by atoms with E-state index < -0.39 is 0 Å². The van der Waals surface area contributed by atoms with Crippen molar-refractivity contribution < 1.29 is 28.4 Å². The van der Waals surface area contributed by atoms with Gasteiger partial charge in [-0.05, 0) is 185 Å². The molecule has 372 valence electrons. The first kappa shape index (κ1) is 54.8. The van der Waals surface area contributed by atoms with Gasteiger partial charge in [0.15, 0.2) is 34.5 Å². The predicted octanol–water partition coefficient (Wildman–Crippen LogP) is 10.5. The lowest BCUT2D eigenvalue weighted by molar-refractivity contribution is 0.259. The van der Waals surface area contributed by atoms with Crippen LogP contribution in [0.1, 0.15) is 154 Å². The van der Waals surface area contributed by atoms with Crippen LogP contribution in [-0.2, 0) is 0 Å². The van der Waals surface area contributed by atoms with Gasteiger partial charge in [0.05, 0.1) is 39.6 Å². The molecule has 0 spiro atoms. The van der Waals surface area contributed by atoms with E-state index in [1.165, 1.54) is 0 Å². The lowest BCUT2D eigenvalue weighted by Gasteiger charge is -2.21. The smallest absolute Gasteiger partial charge is 0.161 e. The molecule has 0 fully saturated rings. The van der Waals surface area contributed by atoms with Crippen molar-refractivity contribution in [3.63, 3.8) is 0 Å². The van der Waals surface area contributed by atoms with Gasteiger partial charge in [-0.25, -0.2) is 0 Å². The summed E-state index contributed by atoms with van der Waals surface area (Å²) < 4.78 is 39.9. The molecule has 12 N–H and O–H groups in total. The molecule has 4 aromatic rings. The highest BCUT2D eigenvalue weighted by Gasteiger charge is 2.21. The number of hydrogen-bond acceptors (Lipinski definition) is 12. The third kappa shape index (κ3) is 19.4. The zero-order valence-corrected chi connectivity index (χ0v) is 40.8. The van der Waals surface area contributed by atoms with E-state index >= 15 is 0 Å². The Bertz CT molecular complexity index is 1520. The summed E-state index contributed by atoms with van der Waals surface area (Å²) in [5, 5.41) is 6.30. The van der Waals surface area contributed by atoms with Crippen molar-refractivity contribution >= 4 is 32.3 Å². The zero-order valence-electron chi connectivity index (χ0n) is 40.8. The van der Waals surface area contributed by atoms with Crippen LogP contribution in [0, 0.1) is 0 Å². The molecule has 0 unspecified atom stereocenters. The molecule has 4 rings (SSSR count). The minimum atomic E-state index is 0.590. The van der Waals surface area contributed by atoms with Crippen molar-refractivity contribution in [2.45, 2.75) is 154 Å². The van der Waals surface area contributed by atoms with Gasteiger partial charge in [-0.15, -0.1) is 0 Å². The summed E-state index contributed by atoms with van der Waals surface area (Å²) in [6, 6.07) is 13.1. The molecule has 0 saturated carbocycles. The molecule has 0 aromatic heterocycles. The van der Waals surface area contributed by atoms with E-state index in [9.17, 15) is 0 Å². The van der Waals surface area contributed by atoms with Crippen molar-refractivity contribution in [1.82, 2.24) is 0 Å². The second-order valence-electron chi connectivity index (χ2n) is 17.8. The van der Waals surface area contributed by atoms with Gasteiger partial charge >= 0.3 is 0 Å². The standard InChI is InChI=1S/C54H90N6O6/c55-25-13-1-7-19-31-61-49-37-43-44(38-50(49)62-32-20-8-2-14-26-56)46-40-52(64-34-22-10-4-16-28-58)54(66-36-24-12-6-18-30-60)42-48(46)47-41-53(65-35-23-11-5-17-29-59)51(39-45(43)47)63-33-21-9-3-15-27-57/h37-42H,1-36,55-60H2. The van der Waals surface area contributed by atoms with E-state index in [-0.39, 0.29) is 0 Å². The number of hydrogen-bond donors (Lipinski definition) is 6. The van der Waals surface area contributed by atoms with Crippen molar-refractivity contribution in [2.24, 2.45) is 34.4 Å². The molecular weight excluding hydrogens is 829 g/mol. The first-order valence-electron chi connectivity index (χ1n) is 26.1. The molecule has 12 nitrogen and oxygen atoms in total. The van der Waals surface area contributed by atoms with E-state index in [0.717, 1.165) is 221 Å². The summed E-state index contributed by atoms with van der Waals surface area (Å²) in [6.07, 6.45) is 24.7. The molecule has 66 heavy (non-hydrogen) atoms. The third-order valence-electron chi connectivity index (χ3n) is 12.3. The SMILES string of the molecule is NCCCCCCOc1cc2c3cc(OCCCCCCN)c(OCCCCCCN)cc3c3cc(OCCCCCCN)c(OCCCCCCN)cc3c2cc1OCCCCCCN. The number of ether oxygens (including phenoxy) is 6. The van der Waals surface area contributed by atoms with Gasteiger partial charge in [0.1, 0.15) is 0 Å². The Kier molecular flexibility index (Phi) is 28.7. The Morgan fingerprint density at radius 2 is 0.333 bits per heavy atom. The van der Waals surface area contributed by atoms with Crippen LogP contribution in [0.25, 0.3) is 32.3 Å². The highest BCUT2D eigenvalue weighted by Crippen LogP contribution is 2.47. The molecule has 0 aliphatic carbocycles. The minimum Gasteiger partial charge on any atom is -0.490 e. The van der Waals surface area contributed by atoms with Gasteiger partial charge in [0.2, 0.25) is 0 Å². The largest absolute Gasteiger partial charge is 0.490 e. The van der Waals surface area contributed by atoms with E-state index in [1.807, 2.05) is 0 Å². The predicted molar refractivity (Wildman–Crippen MR) is 277 cm³/mol. The Hall–Kier alpha value is -3.78. The molecule has 0 aliphatic heterocycles. The molecule has 0 bridgehead atoms. The summed E-state index contributed by atoms with van der Waals surface area (Å²) in [4.78, 5) is 0. The maximum absolute atomic E-state index is 6.65. The quantitative estimate of drug-likeness (QED) is 0.0181. The summed E-state index contributed by atoms with van der Waals surface area (Å²) in [5.74, 6) is 4.46. The number of fused-ring (bicyclic) bond motifs is 6. The van der Waals surface area contributed by atoms with Gasteiger partial charge < -0.3 is 62.8 Å². The number of nitrogens with two attached hydrogens (primary N) is 6. The molecule has 0 heterocycles. The van der Waals surface area contributed by atoms with Crippen LogP contribution < -0.4 is 62.8 Å². The molecule has 0 atom stereocenters. The van der Waals surface area contributed by atoms with Gasteiger partial charge in [0.25, 0.3) is 0 Å². The highest BCUT2D eigenvalue weighted by atomic mass is 16.5. The van der Waals surface area contributed by atoms with Gasteiger partial charge in [-0.1, -0.05) is 77.0 Å². The molecule has 4 aromatic carbocycles. The lowest BCUT2D eigenvalue weighted by atomic mass is 9.93. The molecular formula is C54H90N6O6. The van der Waals surface area contributed by atoms with E-state index in [2.05, 4.69) is 36.4 Å². The molecule has 0 saturated heterocycles.